The number of rotatable bonds is 57. The Morgan fingerprint density at radius 3 is 0.831 bits per heavy atom. The second-order valence-corrected chi connectivity index (χ2v) is 21.0. The van der Waals surface area contributed by atoms with Crippen LogP contribution in [-0.4, -0.2) is 37.2 Å². The normalized spacial score (nSPS) is 12.3. The predicted octanol–water partition coefficient (Wildman–Crippen LogP) is 21.0. The summed E-state index contributed by atoms with van der Waals surface area (Å²) < 4.78 is 16.9. The van der Waals surface area contributed by atoms with Gasteiger partial charge >= 0.3 is 17.9 Å². The van der Waals surface area contributed by atoms with Crippen molar-refractivity contribution in [3.8, 4) is 0 Å². The van der Waals surface area contributed by atoms with E-state index in [-0.39, 0.29) is 31.1 Å². The van der Waals surface area contributed by atoms with E-state index in [4.69, 9.17) is 14.2 Å². The standard InChI is InChI=1S/C65H118O6/c1-4-7-10-13-16-19-22-25-27-29-31-32-34-35-37-40-43-46-49-52-55-58-64(67)70-61-62(60-69-63(66)57-54-51-48-45-42-39-24-21-18-15-12-9-6-3)71-65(68)59-56-53-50-47-44-41-38-36-33-30-28-26-23-20-17-14-11-8-5-2/h12,15,21-22,24-25,29,31,62H,4-11,13-14,16-20,23,26-28,30,32-61H2,1-3H3/b15-12-,24-21-,25-22-,31-29-. The molecule has 0 saturated carbocycles. The quantitative estimate of drug-likeness (QED) is 0.0261. The molecule has 0 radical (unpaired) electrons. The number of hydrogen-bond acceptors (Lipinski definition) is 6. The van der Waals surface area contributed by atoms with Gasteiger partial charge in [-0.2, -0.15) is 0 Å². The Morgan fingerprint density at radius 1 is 0.282 bits per heavy atom. The van der Waals surface area contributed by atoms with Crippen LogP contribution in [0.15, 0.2) is 48.6 Å². The van der Waals surface area contributed by atoms with E-state index in [0.29, 0.717) is 19.3 Å². The van der Waals surface area contributed by atoms with Crippen LogP contribution in [0.1, 0.15) is 329 Å². The molecule has 0 saturated heterocycles. The minimum Gasteiger partial charge on any atom is -0.462 e. The van der Waals surface area contributed by atoms with Crippen LogP contribution >= 0.6 is 0 Å². The van der Waals surface area contributed by atoms with Crippen LogP contribution in [0.2, 0.25) is 0 Å². The molecule has 0 aromatic heterocycles. The van der Waals surface area contributed by atoms with E-state index in [1.54, 1.807) is 0 Å². The fraction of sp³-hybridized carbons (Fsp3) is 0.831. The summed E-state index contributed by atoms with van der Waals surface area (Å²) in [4.78, 5) is 38.2. The number of carbonyl (C=O) groups excluding carboxylic acids is 3. The van der Waals surface area contributed by atoms with Crippen molar-refractivity contribution in [2.45, 2.75) is 335 Å². The third kappa shape index (κ3) is 58.1. The number of carbonyl (C=O) groups is 3. The number of allylic oxidation sites excluding steroid dienone is 8. The Bertz CT molecular complexity index is 1230. The second kappa shape index (κ2) is 59.9. The zero-order chi connectivity index (χ0) is 51.4. The Kier molecular flexibility index (Phi) is 57.7. The number of ether oxygens (including phenoxy) is 3. The predicted molar refractivity (Wildman–Crippen MR) is 307 cm³/mol. The maximum atomic E-state index is 12.9. The summed E-state index contributed by atoms with van der Waals surface area (Å²) >= 11 is 0. The van der Waals surface area contributed by atoms with Gasteiger partial charge in [0.15, 0.2) is 6.10 Å². The average molecular weight is 996 g/mol. The summed E-state index contributed by atoms with van der Waals surface area (Å²) in [5.74, 6) is -0.876. The van der Waals surface area contributed by atoms with Gasteiger partial charge in [-0.1, -0.05) is 281 Å². The molecule has 0 aromatic carbocycles. The third-order valence-corrected chi connectivity index (χ3v) is 13.8. The molecular weight excluding hydrogens is 877 g/mol. The molecule has 0 fully saturated rings. The monoisotopic (exact) mass is 995 g/mol. The van der Waals surface area contributed by atoms with Gasteiger partial charge in [0.05, 0.1) is 0 Å². The largest absolute Gasteiger partial charge is 0.462 e. The summed E-state index contributed by atoms with van der Waals surface area (Å²) in [6.07, 6.45) is 74.0. The molecule has 414 valence electrons. The van der Waals surface area contributed by atoms with Gasteiger partial charge in [-0.15, -0.1) is 0 Å². The maximum absolute atomic E-state index is 12.9. The topological polar surface area (TPSA) is 78.9 Å². The Labute approximate surface area is 441 Å². The van der Waals surface area contributed by atoms with Gasteiger partial charge in [0, 0.05) is 19.3 Å². The first-order valence-electron chi connectivity index (χ1n) is 31.1. The Balaban J connectivity index is 4.31. The van der Waals surface area contributed by atoms with Gasteiger partial charge in [-0.25, -0.2) is 0 Å². The van der Waals surface area contributed by atoms with Crippen molar-refractivity contribution >= 4 is 17.9 Å². The van der Waals surface area contributed by atoms with Crippen molar-refractivity contribution in [3.05, 3.63) is 48.6 Å². The zero-order valence-electron chi connectivity index (χ0n) is 47.5. The van der Waals surface area contributed by atoms with Crippen molar-refractivity contribution < 1.29 is 28.6 Å². The highest BCUT2D eigenvalue weighted by Gasteiger charge is 2.19. The molecule has 0 bridgehead atoms. The molecule has 0 amide bonds. The van der Waals surface area contributed by atoms with Crippen molar-refractivity contribution in [1.29, 1.82) is 0 Å². The molecule has 0 rings (SSSR count). The summed E-state index contributed by atoms with van der Waals surface area (Å²) in [6.45, 7) is 6.60. The van der Waals surface area contributed by atoms with E-state index in [9.17, 15) is 14.4 Å². The minimum atomic E-state index is -0.779. The molecule has 1 atom stereocenters. The van der Waals surface area contributed by atoms with Crippen molar-refractivity contribution in [2.75, 3.05) is 13.2 Å². The van der Waals surface area contributed by atoms with Gasteiger partial charge in [0.2, 0.25) is 0 Å². The van der Waals surface area contributed by atoms with E-state index in [1.165, 1.54) is 199 Å². The molecule has 0 aromatic rings. The fourth-order valence-corrected chi connectivity index (χ4v) is 9.10. The summed E-state index contributed by atoms with van der Waals surface area (Å²) in [5, 5.41) is 0. The van der Waals surface area contributed by atoms with Gasteiger partial charge in [-0.3, -0.25) is 14.4 Å². The highest BCUT2D eigenvalue weighted by atomic mass is 16.6. The lowest BCUT2D eigenvalue weighted by atomic mass is 10.0. The number of unbranched alkanes of at least 4 members (excludes halogenated alkanes) is 38. The molecule has 6 heteroatoms. The minimum absolute atomic E-state index is 0.0768. The highest BCUT2D eigenvalue weighted by molar-refractivity contribution is 5.71. The maximum Gasteiger partial charge on any atom is 0.306 e. The molecule has 6 nitrogen and oxygen atoms in total. The average Bonchev–Trinajstić information content (AvgIpc) is 3.37. The molecule has 1 unspecified atom stereocenters. The molecule has 0 aliphatic rings. The molecule has 0 heterocycles. The molecular formula is C65H118O6. The first kappa shape index (κ1) is 68.4. The third-order valence-electron chi connectivity index (χ3n) is 13.8. The van der Waals surface area contributed by atoms with E-state index in [2.05, 4.69) is 69.4 Å². The summed E-state index contributed by atoms with van der Waals surface area (Å²) in [7, 11) is 0. The lowest BCUT2D eigenvalue weighted by Gasteiger charge is -2.18. The van der Waals surface area contributed by atoms with E-state index in [0.717, 1.165) is 89.9 Å². The van der Waals surface area contributed by atoms with E-state index in [1.807, 2.05) is 0 Å². The van der Waals surface area contributed by atoms with E-state index < -0.39 is 6.10 Å². The molecule has 0 aliphatic carbocycles. The van der Waals surface area contributed by atoms with Gasteiger partial charge in [0.25, 0.3) is 0 Å². The lowest BCUT2D eigenvalue weighted by molar-refractivity contribution is -0.167. The Hall–Kier alpha value is -2.63. The lowest BCUT2D eigenvalue weighted by Crippen LogP contribution is -2.30. The van der Waals surface area contributed by atoms with Crippen LogP contribution in [0.3, 0.4) is 0 Å². The van der Waals surface area contributed by atoms with Crippen LogP contribution in [0.4, 0.5) is 0 Å². The summed E-state index contributed by atoms with van der Waals surface area (Å²) in [6, 6.07) is 0. The first-order valence-corrected chi connectivity index (χ1v) is 31.1. The van der Waals surface area contributed by atoms with Gasteiger partial charge < -0.3 is 14.2 Å². The molecule has 0 spiro atoms. The van der Waals surface area contributed by atoms with Crippen LogP contribution in [-0.2, 0) is 28.6 Å². The van der Waals surface area contributed by atoms with Crippen molar-refractivity contribution in [1.82, 2.24) is 0 Å². The zero-order valence-corrected chi connectivity index (χ0v) is 47.5. The number of hydrogen-bond donors (Lipinski definition) is 0. The highest BCUT2D eigenvalue weighted by Crippen LogP contribution is 2.17. The second-order valence-electron chi connectivity index (χ2n) is 21.0. The smallest absolute Gasteiger partial charge is 0.306 e. The number of esters is 3. The van der Waals surface area contributed by atoms with Gasteiger partial charge in [0.1, 0.15) is 13.2 Å². The van der Waals surface area contributed by atoms with Crippen LogP contribution in [0.25, 0.3) is 0 Å². The van der Waals surface area contributed by atoms with Crippen molar-refractivity contribution in [3.63, 3.8) is 0 Å². The van der Waals surface area contributed by atoms with Crippen LogP contribution in [0.5, 0.6) is 0 Å². The Morgan fingerprint density at radius 2 is 0.535 bits per heavy atom. The SMILES string of the molecule is CCC/C=C\C/C=C\CCCCCCCC(=O)OCC(COC(=O)CCCCCCCCCCC/C=C\C/C=C\CCCCCCC)OC(=O)CCCCCCCCCCCCCCCCCCCCC. The first-order chi connectivity index (χ1) is 35.0. The van der Waals surface area contributed by atoms with Crippen molar-refractivity contribution in [2.24, 2.45) is 0 Å². The molecule has 71 heavy (non-hydrogen) atoms. The van der Waals surface area contributed by atoms with Gasteiger partial charge in [-0.05, 0) is 77.0 Å². The van der Waals surface area contributed by atoms with Crippen LogP contribution < -0.4 is 0 Å². The van der Waals surface area contributed by atoms with E-state index >= 15 is 0 Å². The fourth-order valence-electron chi connectivity index (χ4n) is 9.10. The molecule has 0 N–H and O–H groups in total. The summed E-state index contributed by atoms with van der Waals surface area (Å²) in [5.41, 5.74) is 0. The van der Waals surface area contributed by atoms with Crippen LogP contribution in [0, 0.1) is 0 Å². The molecule has 0 aliphatic heterocycles.